The highest BCUT2D eigenvalue weighted by atomic mass is 35.5. The zero-order valence-corrected chi connectivity index (χ0v) is 9.11. The summed E-state index contributed by atoms with van der Waals surface area (Å²) >= 11 is 5.56. The number of rotatable bonds is 3. The molecular weight excluding hydrogens is 228 g/mol. The number of aromatic nitrogens is 3. The molecule has 0 spiro atoms. The summed E-state index contributed by atoms with van der Waals surface area (Å²) in [5, 5.41) is 7.03. The standard InChI is InChI=1S/C10H9ClN4O/c1-7(11)4-13-10(16)8-5-14-15-3-2-12-6-9(8)15/h2-3,5-6H,1,4H2,(H,13,16). The van der Waals surface area contributed by atoms with Crippen LogP contribution in [0.25, 0.3) is 5.52 Å². The summed E-state index contributed by atoms with van der Waals surface area (Å²) in [5.74, 6) is -0.246. The summed E-state index contributed by atoms with van der Waals surface area (Å²) in [5.41, 5.74) is 1.12. The van der Waals surface area contributed by atoms with E-state index >= 15 is 0 Å². The van der Waals surface area contributed by atoms with Crippen LogP contribution in [0.15, 0.2) is 36.4 Å². The minimum absolute atomic E-state index is 0.234. The van der Waals surface area contributed by atoms with E-state index in [2.05, 4.69) is 22.0 Å². The normalized spacial score (nSPS) is 10.3. The van der Waals surface area contributed by atoms with E-state index in [0.29, 0.717) is 16.1 Å². The molecule has 82 valence electrons. The Hall–Kier alpha value is -1.88. The SMILES string of the molecule is C=C(Cl)CNC(=O)c1cnn2ccncc12. The summed E-state index contributed by atoms with van der Waals surface area (Å²) in [4.78, 5) is 15.7. The van der Waals surface area contributed by atoms with Gasteiger partial charge < -0.3 is 5.32 Å². The van der Waals surface area contributed by atoms with Crippen LogP contribution in [0.1, 0.15) is 10.4 Å². The molecule has 1 amide bonds. The first-order chi connectivity index (χ1) is 7.68. The Kier molecular flexibility index (Phi) is 2.87. The van der Waals surface area contributed by atoms with Crippen LogP contribution in [0.4, 0.5) is 0 Å². The van der Waals surface area contributed by atoms with Gasteiger partial charge in [-0.3, -0.25) is 9.78 Å². The topological polar surface area (TPSA) is 59.3 Å². The van der Waals surface area contributed by atoms with Gasteiger partial charge in [0.25, 0.3) is 5.91 Å². The molecule has 6 heteroatoms. The minimum atomic E-state index is -0.246. The predicted molar refractivity (Wildman–Crippen MR) is 60.3 cm³/mol. The maximum Gasteiger partial charge on any atom is 0.255 e. The molecule has 1 N–H and O–H groups in total. The molecule has 0 unspecified atom stereocenters. The van der Waals surface area contributed by atoms with Gasteiger partial charge in [0.15, 0.2) is 0 Å². The lowest BCUT2D eigenvalue weighted by atomic mass is 10.3. The van der Waals surface area contributed by atoms with Crippen molar-refractivity contribution in [2.45, 2.75) is 0 Å². The summed E-state index contributed by atoms with van der Waals surface area (Å²) in [6.07, 6.45) is 6.34. The lowest BCUT2D eigenvalue weighted by Gasteiger charge is -2.01. The first-order valence-corrected chi connectivity index (χ1v) is 4.95. The van der Waals surface area contributed by atoms with E-state index in [1.54, 1.807) is 23.1 Å². The Morgan fingerprint density at radius 1 is 1.56 bits per heavy atom. The first-order valence-electron chi connectivity index (χ1n) is 4.57. The van der Waals surface area contributed by atoms with E-state index in [0.717, 1.165) is 0 Å². The van der Waals surface area contributed by atoms with Crippen LogP contribution in [0.3, 0.4) is 0 Å². The Bertz CT molecular complexity index is 548. The van der Waals surface area contributed by atoms with Gasteiger partial charge >= 0.3 is 0 Å². The molecule has 0 saturated heterocycles. The molecule has 0 atom stereocenters. The van der Waals surface area contributed by atoms with Gasteiger partial charge in [-0.2, -0.15) is 5.10 Å². The number of halogens is 1. The third-order valence-corrected chi connectivity index (χ3v) is 2.14. The zero-order valence-electron chi connectivity index (χ0n) is 8.35. The summed E-state index contributed by atoms with van der Waals surface area (Å²) in [6, 6.07) is 0. The smallest absolute Gasteiger partial charge is 0.255 e. The molecule has 0 aliphatic carbocycles. The molecule has 2 heterocycles. The maximum absolute atomic E-state index is 11.7. The molecular formula is C10H9ClN4O. The highest BCUT2D eigenvalue weighted by Crippen LogP contribution is 2.08. The van der Waals surface area contributed by atoms with Gasteiger partial charge in [-0.05, 0) is 0 Å². The number of hydrogen-bond acceptors (Lipinski definition) is 3. The summed E-state index contributed by atoms with van der Waals surface area (Å²) in [7, 11) is 0. The van der Waals surface area contributed by atoms with Gasteiger partial charge in [-0.1, -0.05) is 18.2 Å². The highest BCUT2D eigenvalue weighted by molar-refractivity contribution is 6.29. The molecule has 16 heavy (non-hydrogen) atoms. The fraction of sp³-hybridized carbons (Fsp3) is 0.100. The molecule has 0 fully saturated rings. The van der Waals surface area contributed by atoms with Crippen molar-refractivity contribution in [3.63, 3.8) is 0 Å². The second-order valence-corrected chi connectivity index (χ2v) is 3.70. The van der Waals surface area contributed by atoms with Gasteiger partial charge in [0, 0.05) is 17.4 Å². The van der Waals surface area contributed by atoms with Crippen LogP contribution in [0.5, 0.6) is 0 Å². The molecule has 2 aromatic heterocycles. The Balaban J connectivity index is 2.26. The molecule has 0 aliphatic rings. The maximum atomic E-state index is 11.7. The number of carbonyl (C=O) groups is 1. The van der Waals surface area contributed by atoms with Gasteiger partial charge in [-0.15, -0.1) is 0 Å². The average molecular weight is 237 g/mol. The number of nitrogens with zero attached hydrogens (tertiary/aromatic N) is 3. The van der Waals surface area contributed by atoms with Crippen molar-refractivity contribution >= 4 is 23.0 Å². The Morgan fingerprint density at radius 2 is 2.38 bits per heavy atom. The van der Waals surface area contributed by atoms with E-state index in [1.165, 1.54) is 6.20 Å². The van der Waals surface area contributed by atoms with Crippen molar-refractivity contribution in [3.05, 3.63) is 42.0 Å². The van der Waals surface area contributed by atoms with E-state index in [4.69, 9.17) is 11.6 Å². The van der Waals surface area contributed by atoms with Crippen LogP contribution in [-0.2, 0) is 0 Å². The highest BCUT2D eigenvalue weighted by Gasteiger charge is 2.11. The van der Waals surface area contributed by atoms with Gasteiger partial charge in [0.2, 0.25) is 0 Å². The minimum Gasteiger partial charge on any atom is -0.347 e. The molecule has 0 radical (unpaired) electrons. The summed E-state index contributed by atoms with van der Waals surface area (Å²) < 4.78 is 1.58. The van der Waals surface area contributed by atoms with Gasteiger partial charge in [-0.25, -0.2) is 4.52 Å². The largest absolute Gasteiger partial charge is 0.347 e. The predicted octanol–water partition coefficient (Wildman–Crippen LogP) is 1.21. The number of fused-ring (bicyclic) bond motifs is 1. The second kappa shape index (κ2) is 4.32. The number of carbonyl (C=O) groups excluding carboxylic acids is 1. The van der Waals surface area contributed by atoms with Crippen molar-refractivity contribution in [2.24, 2.45) is 0 Å². The van der Waals surface area contributed by atoms with Crippen molar-refractivity contribution in [1.82, 2.24) is 19.9 Å². The average Bonchev–Trinajstić information content (AvgIpc) is 2.69. The lowest BCUT2D eigenvalue weighted by molar-refractivity contribution is 0.0959. The summed E-state index contributed by atoms with van der Waals surface area (Å²) in [6.45, 7) is 3.72. The number of hydrogen-bond donors (Lipinski definition) is 1. The zero-order chi connectivity index (χ0) is 11.5. The van der Waals surface area contributed by atoms with Crippen LogP contribution in [0.2, 0.25) is 0 Å². The fourth-order valence-electron chi connectivity index (χ4n) is 1.28. The molecule has 0 bridgehead atoms. The number of amides is 1. The van der Waals surface area contributed by atoms with E-state index in [-0.39, 0.29) is 12.5 Å². The molecule has 0 aromatic carbocycles. The van der Waals surface area contributed by atoms with Crippen molar-refractivity contribution in [3.8, 4) is 0 Å². The monoisotopic (exact) mass is 236 g/mol. The fourth-order valence-corrected chi connectivity index (χ4v) is 1.35. The van der Waals surface area contributed by atoms with Crippen LogP contribution in [-0.4, -0.2) is 27.0 Å². The van der Waals surface area contributed by atoms with Crippen LogP contribution in [0, 0.1) is 0 Å². The van der Waals surface area contributed by atoms with E-state index < -0.39 is 0 Å². The van der Waals surface area contributed by atoms with Crippen molar-refractivity contribution < 1.29 is 4.79 Å². The van der Waals surface area contributed by atoms with Crippen molar-refractivity contribution in [1.29, 1.82) is 0 Å². The molecule has 5 nitrogen and oxygen atoms in total. The third-order valence-electron chi connectivity index (χ3n) is 2.01. The Labute approximate surface area is 96.7 Å². The third kappa shape index (κ3) is 2.04. The molecule has 0 aliphatic heterocycles. The van der Waals surface area contributed by atoms with Gasteiger partial charge in [0.05, 0.1) is 30.0 Å². The Morgan fingerprint density at radius 3 is 3.12 bits per heavy atom. The quantitative estimate of drug-likeness (QED) is 0.872. The lowest BCUT2D eigenvalue weighted by Crippen LogP contribution is -2.24. The second-order valence-electron chi connectivity index (χ2n) is 3.16. The first kappa shape index (κ1) is 10.6. The van der Waals surface area contributed by atoms with Crippen molar-refractivity contribution in [2.75, 3.05) is 6.54 Å². The molecule has 0 saturated carbocycles. The van der Waals surface area contributed by atoms with Crippen LogP contribution >= 0.6 is 11.6 Å². The number of nitrogens with one attached hydrogen (secondary N) is 1. The molecule has 2 rings (SSSR count). The van der Waals surface area contributed by atoms with E-state index in [9.17, 15) is 4.79 Å². The van der Waals surface area contributed by atoms with Gasteiger partial charge in [0.1, 0.15) is 0 Å². The van der Waals surface area contributed by atoms with Crippen LogP contribution < -0.4 is 5.32 Å². The van der Waals surface area contributed by atoms with E-state index in [1.807, 2.05) is 0 Å². The molecule has 2 aromatic rings.